The zero-order valence-corrected chi connectivity index (χ0v) is 62.5. The van der Waals surface area contributed by atoms with E-state index in [0.717, 1.165) is 180 Å². The number of aliphatic hydroxyl groups excluding tert-OH is 2. The fourth-order valence-electron chi connectivity index (χ4n) is 9.98. The molecule has 0 saturated heterocycles. The number of hydrogen-bond donors (Lipinski definition) is 4. The number of unbranched alkanes of at least 4 members (excludes halogenated alkanes) is 28. The summed E-state index contributed by atoms with van der Waals surface area (Å²) in [6.07, 6.45) is 83.7. The number of rotatable bonds is 71. The van der Waals surface area contributed by atoms with E-state index < -0.39 is 91.5 Å². The van der Waals surface area contributed by atoms with E-state index in [1.807, 2.05) is 0 Å². The highest BCUT2D eigenvalue weighted by molar-refractivity contribution is 7.47. The number of esters is 3. The van der Waals surface area contributed by atoms with Gasteiger partial charge in [0, 0.05) is 19.3 Å². The summed E-state index contributed by atoms with van der Waals surface area (Å²) < 4.78 is 61.1. The van der Waals surface area contributed by atoms with Gasteiger partial charge in [0.2, 0.25) is 0 Å². The van der Waals surface area contributed by atoms with Crippen LogP contribution in [-0.4, -0.2) is 95.9 Å². The highest BCUT2D eigenvalue weighted by atomic mass is 31.2. The molecular formula is C79H136O16P2. The summed E-state index contributed by atoms with van der Waals surface area (Å²) in [5.74, 6) is -1.59. The number of allylic oxidation sites excluding steroid dienone is 20. The Kier molecular flexibility index (Phi) is 68.8. The first-order chi connectivity index (χ1) is 47.2. The normalized spacial score (nSPS) is 14.8. The second-order valence-electron chi connectivity index (χ2n) is 25.0. The maximum absolute atomic E-state index is 13.0. The average Bonchev–Trinajstić information content (AvgIpc) is 1.77. The molecule has 0 aliphatic carbocycles. The van der Waals surface area contributed by atoms with Crippen LogP contribution in [0.15, 0.2) is 122 Å². The first-order valence-corrected chi connectivity index (χ1v) is 40.8. The van der Waals surface area contributed by atoms with Gasteiger partial charge in [0.1, 0.15) is 25.4 Å². The molecule has 0 fully saturated rings. The van der Waals surface area contributed by atoms with Gasteiger partial charge in [-0.25, -0.2) is 9.13 Å². The van der Waals surface area contributed by atoms with E-state index in [-0.39, 0.29) is 19.3 Å². The lowest BCUT2D eigenvalue weighted by molar-refractivity contribution is -0.161. The summed E-state index contributed by atoms with van der Waals surface area (Å²) >= 11 is 0. The highest BCUT2D eigenvalue weighted by Gasteiger charge is 2.29. The highest BCUT2D eigenvalue weighted by Crippen LogP contribution is 2.45. The number of phosphoric acid groups is 2. The molecule has 0 aliphatic heterocycles. The third-order valence-electron chi connectivity index (χ3n) is 15.7. The van der Waals surface area contributed by atoms with Crippen LogP contribution in [0.5, 0.6) is 0 Å². The fraction of sp³-hybridized carbons (Fsp3) is 0.709. The first kappa shape index (κ1) is 93.0. The Bertz CT molecular complexity index is 2250. The van der Waals surface area contributed by atoms with Gasteiger partial charge in [0.15, 0.2) is 6.10 Å². The predicted molar refractivity (Wildman–Crippen MR) is 399 cm³/mol. The Morgan fingerprint density at radius 1 is 0.299 bits per heavy atom. The van der Waals surface area contributed by atoms with Crippen LogP contribution in [0.3, 0.4) is 0 Å². The van der Waals surface area contributed by atoms with Gasteiger partial charge < -0.3 is 34.2 Å². The molecule has 0 heterocycles. The zero-order valence-electron chi connectivity index (χ0n) is 60.7. The lowest BCUT2D eigenvalue weighted by Crippen LogP contribution is -2.30. The first-order valence-electron chi connectivity index (χ1n) is 37.8. The van der Waals surface area contributed by atoms with Crippen LogP contribution in [0.2, 0.25) is 0 Å². The lowest BCUT2D eigenvalue weighted by Gasteiger charge is -2.21. The maximum Gasteiger partial charge on any atom is 0.472 e. The molecule has 0 rings (SSSR count). The van der Waals surface area contributed by atoms with E-state index >= 15 is 0 Å². The summed E-state index contributed by atoms with van der Waals surface area (Å²) in [5.41, 5.74) is 0. The Hall–Kier alpha value is -4.05. The van der Waals surface area contributed by atoms with E-state index in [2.05, 4.69) is 142 Å². The number of ether oxygens (including phenoxy) is 3. The molecular weight excluding hydrogens is 1270 g/mol. The summed E-state index contributed by atoms with van der Waals surface area (Å²) in [4.78, 5) is 58.6. The standard InChI is InChI=1S/C79H136O16P2/c1-4-7-10-13-16-19-22-25-28-30-32-34-36-38-40-42-45-47-50-53-56-59-62-65-77(82)89-68-74(80)69-91-96(85,86)92-70-75(81)71-93-97(87,88)94-73-76(95-79(84)67-64-61-58-55-52-49-44-27-24-21-18-15-12-9-6-3)72-90-78(83)66-63-60-57-54-51-48-46-43-41-39-37-35-33-31-29-26-23-20-17-14-11-8-5-2/h7-8,10-11,16-17,19-20,25-26,28-29,32-35,38-41,74-76,80-81H,4-6,9,12-15,18,21-24,27,30-31,36-37,42-73H2,1-3H3,(H,85,86)(H,87,88)/b10-7-,11-8-,19-16-,20-17-,28-25-,29-26-,34-32-,35-33-,40-38-,41-39-. The molecule has 5 atom stereocenters. The van der Waals surface area contributed by atoms with Crippen LogP contribution < -0.4 is 0 Å². The van der Waals surface area contributed by atoms with Crippen LogP contribution in [0.4, 0.5) is 0 Å². The van der Waals surface area contributed by atoms with Crippen molar-refractivity contribution in [1.82, 2.24) is 0 Å². The summed E-state index contributed by atoms with van der Waals surface area (Å²) in [6.45, 7) is 2.45. The monoisotopic (exact) mass is 1400 g/mol. The van der Waals surface area contributed by atoms with Crippen molar-refractivity contribution < 1.29 is 75.8 Å². The van der Waals surface area contributed by atoms with Crippen LogP contribution in [0.1, 0.15) is 303 Å². The van der Waals surface area contributed by atoms with Crippen LogP contribution >= 0.6 is 15.6 Å². The molecule has 0 saturated carbocycles. The summed E-state index contributed by atoms with van der Waals surface area (Å²) in [7, 11) is -9.79. The Morgan fingerprint density at radius 3 is 0.866 bits per heavy atom. The number of aliphatic hydroxyl groups is 2. The Labute approximate surface area is 589 Å². The smallest absolute Gasteiger partial charge is 0.463 e. The molecule has 18 heteroatoms. The minimum atomic E-state index is -4.93. The molecule has 16 nitrogen and oxygen atoms in total. The quantitative estimate of drug-likeness (QED) is 0.0146. The third-order valence-corrected chi connectivity index (χ3v) is 17.6. The molecule has 0 aromatic heterocycles. The van der Waals surface area contributed by atoms with Gasteiger partial charge in [-0.2, -0.15) is 0 Å². The van der Waals surface area contributed by atoms with E-state index in [4.69, 9.17) is 32.3 Å². The largest absolute Gasteiger partial charge is 0.472 e. The molecule has 0 aromatic carbocycles. The van der Waals surface area contributed by atoms with Crippen molar-refractivity contribution in [2.75, 3.05) is 39.6 Å². The van der Waals surface area contributed by atoms with Crippen LogP contribution in [-0.2, 0) is 55.8 Å². The second kappa shape index (κ2) is 71.8. The summed E-state index contributed by atoms with van der Waals surface area (Å²) in [6, 6.07) is 0. The molecule has 558 valence electrons. The van der Waals surface area contributed by atoms with E-state index in [1.54, 1.807) is 0 Å². The minimum absolute atomic E-state index is 0.103. The third kappa shape index (κ3) is 73.0. The number of phosphoric ester groups is 2. The molecule has 5 unspecified atom stereocenters. The second-order valence-corrected chi connectivity index (χ2v) is 28.0. The predicted octanol–water partition coefficient (Wildman–Crippen LogP) is 21.8. The molecule has 0 radical (unpaired) electrons. The van der Waals surface area contributed by atoms with Gasteiger partial charge in [-0.15, -0.1) is 0 Å². The number of carbonyl (C=O) groups excluding carboxylic acids is 3. The van der Waals surface area contributed by atoms with Crippen molar-refractivity contribution in [3.63, 3.8) is 0 Å². The van der Waals surface area contributed by atoms with Crippen molar-refractivity contribution in [2.45, 2.75) is 322 Å². The SMILES string of the molecule is CC/C=C\C/C=C\C/C=C\C/C=C\C/C=C\CCCCCCCCCC(=O)OCC(O)COP(=O)(O)OCC(O)COP(=O)(O)OCC(COC(=O)CCCCCCCCC/C=C\C/C=C\C/C=C\C/C=C\C/C=C\CC)OC(=O)CCCCCCCCCCCCCCCCC. The molecule has 0 spiro atoms. The minimum Gasteiger partial charge on any atom is -0.463 e. The molecule has 0 amide bonds. The molecule has 4 N–H and O–H groups in total. The zero-order chi connectivity index (χ0) is 70.9. The molecule has 0 bridgehead atoms. The van der Waals surface area contributed by atoms with Crippen molar-refractivity contribution >= 4 is 33.6 Å². The van der Waals surface area contributed by atoms with Gasteiger partial charge in [-0.3, -0.25) is 32.5 Å². The van der Waals surface area contributed by atoms with Gasteiger partial charge in [-0.1, -0.05) is 296 Å². The van der Waals surface area contributed by atoms with Gasteiger partial charge in [0.25, 0.3) is 0 Å². The van der Waals surface area contributed by atoms with E-state index in [1.165, 1.54) is 64.2 Å². The molecule has 0 aliphatic rings. The van der Waals surface area contributed by atoms with Crippen LogP contribution in [0.25, 0.3) is 0 Å². The fourth-order valence-corrected chi connectivity index (χ4v) is 11.6. The number of carbonyl (C=O) groups is 3. The Balaban J connectivity index is 4.64. The van der Waals surface area contributed by atoms with Gasteiger partial charge in [0.05, 0.1) is 26.4 Å². The van der Waals surface area contributed by atoms with E-state index in [0.29, 0.717) is 19.3 Å². The van der Waals surface area contributed by atoms with Crippen molar-refractivity contribution in [1.29, 1.82) is 0 Å². The van der Waals surface area contributed by atoms with Crippen molar-refractivity contribution in [2.24, 2.45) is 0 Å². The van der Waals surface area contributed by atoms with Crippen LogP contribution in [0, 0.1) is 0 Å². The average molecular weight is 1400 g/mol. The molecule has 97 heavy (non-hydrogen) atoms. The van der Waals surface area contributed by atoms with Crippen molar-refractivity contribution in [3.8, 4) is 0 Å². The maximum atomic E-state index is 13.0. The number of hydrogen-bond acceptors (Lipinski definition) is 14. The topological polar surface area (TPSA) is 231 Å². The van der Waals surface area contributed by atoms with Gasteiger partial charge >= 0.3 is 33.6 Å². The van der Waals surface area contributed by atoms with Crippen molar-refractivity contribution in [3.05, 3.63) is 122 Å². The Morgan fingerprint density at radius 2 is 0.546 bits per heavy atom. The van der Waals surface area contributed by atoms with E-state index in [9.17, 15) is 43.5 Å². The summed E-state index contributed by atoms with van der Waals surface area (Å²) in [5, 5.41) is 20.6. The molecule has 0 aromatic rings. The lowest BCUT2D eigenvalue weighted by atomic mass is 10.0. The van der Waals surface area contributed by atoms with Gasteiger partial charge in [-0.05, 0) is 109 Å².